The average molecular weight is 456 g/mol. The molecule has 168 valence electrons. The molecule has 2 amide bonds. The lowest BCUT2D eigenvalue weighted by Gasteiger charge is -2.36. The van der Waals surface area contributed by atoms with Gasteiger partial charge in [-0.2, -0.15) is 0 Å². The van der Waals surface area contributed by atoms with Crippen LogP contribution < -0.4 is 9.64 Å². The van der Waals surface area contributed by atoms with Crippen molar-refractivity contribution in [3.8, 4) is 5.75 Å². The van der Waals surface area contributed by atoms with Crippen LogP contribution in [0.5, 0.6) is 5.75 Å². The summed E-state index contributed by atoms with van der Waals surface area (Å²) in [7, 11) is 0. The molecule has 0 bridgehead atoms. The molecule has 4 rings (SSSR count). The molecule has 7 nitrogen and oxygen atoms in total. The molecule has 1 fully saturated rings. The monoisotopic (exact) mass is 455 g/mol. The maximum absolute atomic E-state index is 13.6. The largest absolute Gasteiger partial charge is 0.494 e. The van der Waals surface area contributed by atoms with Gasteiger partial charge in [0.2, 0.25) is 0 Å². The van der Waals surface area contributed by atoms with Crippen LogP contribution in [-0.4, -0.2) is 72.7 Å². The van der Waals surface area contributed by atoms with E-state index in [4.69, 9.17) is 16.3 Å². The number of hydrogen-bond donors (Lipinski definition) is 1. The number of hydrogen-bond acceptors (Lipinski definition) is 6. The van der Waals surface area contributed by atoms with Crippen LogP contribution in [0.4, 0.5) is 5.69 Å². The Morgan fingerprint density at radius 1 is 1.00 bits per heavy atom. The van der Waals surface area contributed by atoms with E-state index < -0.39 is 0 Å². The van der Waals surface area contributed by atoms with E-state index in [-0.39, 0.29) is 18.4 Å². The first kappa shape index (κ1) is 22.3. The van der Waals surface area contributed by atoms with Crippen molar-refractivity contribution in [2.24, 2.45) is 0 Å². The lowest BCUT2D eigenvalue weighted by Crippen LogP contribution is -2.48. The zero-order valence-electron chi connectivity index (χ0n) is 18.0. The number of piperazine rings is 1. The highest BCUT2D eigenvalue weighted by Gasteiger charge is 2.43. The third-order valence-electron chi connectivity index (χ3n) is 5.68. The molecule has 0 atom stereocenters. The second-order valence-electron chi connectivity index (χ2n) is 7.66. The molecule has 0 radical (unpaired) electrons. The van der Waals surface area contributed by atoms with Crippen molar-refractivity contribution in [1.82, 2.24) is 9.80 Å². The number of β-amino-alcohol motifs (C(OH)–C–C–N with tert-alkyl or cyclic N) is 1. The molecule has 0 unspecified atom stereocenters. The smallest absolute Gasteiger partial charge is 0.282 e. The van der Waals surface area contributed by atoms with Crippen molar-refractivity contribution in [2.75, 3.05) is 50.8 Å². The highest BCUT2D eigenvalue weighted by atomic mass is 35.5. The summed E-state index contributed by atoms with van der Waals surface area (Å²) < 4.78 is 5.57. The minimum atomic E-state index is -0.362. The molecule has 1 saturated heterocycles. The van der Waals surface area contributed by atoms with Gasteiger partial charge >= 0.3 is 0 Å². The number of ether oxygens (including phenoxy) is 1. The minimum absolute atomic E-state index is 0.0973. The molecular weight excluding hydrogens is 430 g/mol. The summed E-state index contributed by atoms with van der Waals surface area (Å²) in [6.45, 7) is 5.67. The number of nitrogens with zero attached hydrogens (tertiary/aromatic N) is 3. The Hall–Kier alpha value is -2.87. The third kappa shape index (κ3) is 4.37. The number of halogens is 1. The lowest BCUT2D eigenvalue weighted by molar-refractivity contribution is -0.120. The highest BCUT2D eigenvalue weighted by molar-refractivity contribution is 6.45. The molecule has 0 aromatic heterocycles. The van der Waals surface area contributed by atoms with E-state index in [9.17, 15) is 14.7 Å². The molecule has 8 heteroatoms. The molecule has 2 aliphatic rings. The van der Waals surface area contributed by atoms with E-state index in [0.717, 1.165) is 0 Å². The zero-order valence-corrected chi connectivity index (χ0v) is 18.7. The van der Waals surface area contributed by atoms with Crippen LogP contribution in [-0.2, 0) is 9.59 Å². The molecule has 2 aromatic carbocycles. The van der Waals surface area contributed by atoms with Gasteiger partial charge in [0, 0.05) is 43.8 Å². The van der Waals surface area contributed by atoms with Gasteiger partial charge in [0.25, 0.3) is 11.8 Å². The van der Waals surface area contributed by atoms with Crippen LogP contribution in [0.3, 0.4) is 0 Å². The number of anilines is 1. The van der Waals surface area contributed by atoms with Crippen molar-refractivity contribution >= 4 is 34.7 Å². The van der Waals surface area contributed by atoms with Crippen LogP contribution in [0, 0.1) is 0 Å². The van der Waals surface area contributed by atoms with Crippen LogP contribution in [0.2, 0.25) is 5.02 Å². The number of aliphatic hydroxyl groups excluding tert-OH is 1. The van der Waals surface area contributed by atoms with E-state index >= 15 is 0 Å². The standard InChI is InChI=1S/C24H26ClN3O4/c1-2-32-20-5-3-4-19(16-20)28-23(30)21(17-6-8-18(25)9-7-17)22(24(28)31)27-12-10-26(11-13-27)14-15-29/h3-9,16,29H,2,10-15H2,1H3. The van der Waals surface area contributed by atoms with E-state index in [1.54, 1.807) is 48.5 Å². The Morgan fingerprint density at radius 2 is 1.72 bits per heavy atom. The Balaban J connectivity index is 1.72. The zero-order chi connectivity index (χ0) is 22.7. The second kappa shape index (κ2) is 9.73. The number of benzene rings is 2. The van der Waals surface area contributed by atoms with Gasteiger partial charge in [-0.1, -0.05) is 29.8 Å². The fourth-order valence-corrected chi connectivity index (χ4v) is 4.26. The summed E-state index contributed by atoms with van der Waals surface area (Å²) in [6.07, 6.45) is 0. The van der Waals surface area contributed by atoms with Gasteiger partial charge in [0.15, 0.2) is 0 Å². The Kier molecular flexibility index (Phi) is 6.79. The fourth-order valence-electron chi connectivity index (χ4n) is 4.14. The van der Waals surface area contributed by atoms with Gasteiger partial charge in [-0.05, 0) is 36.8 Å². The number of rotatable bonds is 7. The molecule has 0 saturated carbocycles. The lowest BCUT2D eigenvalue weighted by atomic mass is 10.0. The SMILES string of the molecule is CCOc1cccc(N2C(=O)C(c3ccc(Cl)cc3)=C(N3CCN(CCO)CC3)C2=O)c1. The van der Waals surface area contributed by atoms with Crippen LogP contribution in [0.25, 0.3) is 5.57 Å². The number of amides is 2. The van der Waals surface area contributed by atoms with Crippen LogP contribution in [0.1, 0.15) is 12.5 Å². The maximum atomic E-state index is 13.6. The number of carbonyl (C=O) groups is 2. The summed E-state index contributed by atoms with van der Waals surface area (Å²) in [5.74, 6) is -0.104. The van der Waals surface area contributed by atoms with E-state index in [1.807, 2.05) is 11.8 Å². The van der Waals surface area contributed by atoms with E-state index in [0.29, 0.717) is 72.6 Å². The summed E-state index contributed by atoms with van der Waals surface area (Å²) in [5, 5.41) is 9.78. The van der Waals surface area contributed by atoms with Gasteiger partial charge in [0.05, 0.1) is 24.5 Å². The van der Waals surface area contributed by atoms with Crippen molar-refractivity contribution in [1.29, 1.82) is 0 Å². The minimum Gasteiger partial charge on any atom is -0.494 e. The van der Waals surface area contributed by atoms with Gasteiger partial charge < -0.3 is 14.7 Å². The second-order valence-corrected chi connectivity index (χ2v) is 8.10. The van der Waals surface area contributed by atoms with E-state index in [2.05, 4.69) is 4.90 Å². The molecule has 0 aliphatic carbocycles. The van der Waals surface area contributed by atoms with Crippen LogP contribution >= 0.6 is 11.6 Å². The van der Waals surface area contributed by atoms with Crippen LogP contribution in [0.15, 0.2) is 54.2 Å². The Bertz CT molecular complexity index is 1030. The third-order valence-corrected chi connectivity index (χ3v) is 5.94. The molecule has 1 N–H and O–H groups in total. The van der Waals surface area contributed by atoms with Gasteiger partial charge in [0.1, 0.15) is 11.4 Å². The molecular formula is C24H26ClN3O4. The normalized spacial score (nSPS) is 17.5. The Morgan fingerprint density at radius 3 is 2.38 bits per heavy atom. The van der Waals surface area contributed by atoms with E-state index in [1.165, 1.54) is 4.90 Å². The first-order valence-corrected chi connectivity index (χ1v) is 11.1. The van der Waals surface area contributed by atoms with Crippen molar-refractivity contribution in [3.05, 3.63) is 64.8 Å². The first-order chi connectivity index (χ1) is 15.5. The van der Waals surface area contributed by atoms with Gasteiger partial charge in [-0.15, -0.1) is 0 Å². The van der Waals surface area contributed by atoms with Gasteiger partial charge in [-0.25, -0.2) is 4.90 Å². The summed E-state index contributed by atoms with van der Waals surface area (Å²) in [6, 6.07) is 14.0. The first-order valence-electron chi connectivity index (χ1n) is 10.7. The van der Waals surface area contributed by atoms with Crippen molar-refractivity contribution < 1.29 is 19.4 Å². The predicted octanol–water partition coefficient (Wildman–Crippen LogP) is 2.63. The summed E-state index contributed by atoms with van der Waals surface area (Å²) >= 11 is 6.06. The quantitative estimate of drug-likeness (QED) is 0.647. The predicted molar refractivity (Wildman–Crippen MR) is 124 cm³/mol. The molecule has 2 aromatic rings. The van der Waals surface area contributed by atoms with Crippen molar-refractivity contribution in [2.45, 2.75) is 6.92 Å². The van der Waals surface area contributed by atoms with Gasteiger partial charge in [-0.3, -0.25) is 14.5 Å². The molecule has 2 heterocycles. The summed E-state index contributed by atoms with van der Waals surface area (Å²) in [5.41, 5.74) is 1.92. The van der Waals surface area contributed by atoms with Crippen molar-refractivity contribution in [3.63, 3.8) is 0 Å². The summed E-state index contributed by atoms with van der Waals surface area (Å²) in [4.78, 5) is 32.6. The molecule has 0 spiro atoms. The highest BCUT2D eigenvalue weighted by Crippen LogP contribution is 2.36. The number of carbonyl (C=O) groups excluding carboxylic acids is 2. The maximum Gasteiger partial charge on any atom is 0.282 e. The number of aliphatic hydroxyl groups is 1. The number of imide groups is 1. The average Bonchev–Trinajstić information content (AvgIpc) is 3.05. The Labute approximate surface area is 192 Å². The molecule has 32 heavy (non-hydrogen) atoms. The topological polar surface area (TPSA) is 73.3 Å². The fraction of sp³-hybridized carbons (Fsp3) is 0.333. The molecule has 2 aliphatic heterocycles.